The zero-order valence-corrected chi connectivity index (χ0v) is 9.70. The molecular formula is C12H20F2. The molecule has 0 unspecified atom stereocenters. The zero-order chi connectivity index (χ0) is 11.7. The Hall–Kier alpha value is -0.920. The maximum atomic E-state index is 12.1. The van der Waals surface area contributed by atoms with Crippen molar-refractivity contribution in [1.82, 2.24) is 0 Å². The van der Waals surface area contributed by atoms with Crippen LogP contribution in [0.1, 0.15) is 34.6 Å². The quantitative estimate of drug-likeness (QED) is 0.556. The van der Waals surface area contributed by atoms with Crippen LogP contribution in [0.2, 0.25) is 0 Å². The third-order valence-corrected chi connectivity index (χ3v) is 0.991. The highest BCUT2D eigenvalue weighted by Crippen LogP contribution is 2.08. The van der Waals surface area contributed by atoms with Crippen LogP contribution in [-0.4, -0.2) is 0 Å². The monoisotopic (exact) mass is 202 g/mol. The lowest BCUT2D eigenvalue weighted by molar-refractivity contribution is 0.639. The minimum absolute atomic E-state index is 0.344. The number of rotatable bonds is 2. The molecule has 0 aliphatic rings. The van der Waals surface area contributed by atoms with E-state index in [2.05, 4.69) is 27.4 Å². The summed E-state index contributed by atoms with van der Waals surface area (Å²) in [6.07, 6.45) is 2.54. The molecule has 0 fully saturated rings. The zero-order valence-electron chi connectivity index (χ0n) is 9.70. The molecule has 82 valence electrons. The van der Waals surface area contributed by atoms with Crippen LogP contribution < -0.4 is 0 Å². The standard InChI is InChI=1S/C8H10F2.C4H10/c1-6(8(3)10)4-5-7(2)9;1-4(2)3/h4-5H,3H2,1-2H3;4H,1-3H3/b6-4-,7-5+;. The molecule has 0 saturated carbocycles. The van der Waals surface area contributed by atoms with E-state index < -0.39 is 5.83 Å². The Kier molecular flexibility index (Phi) is 9.63. The fourth-order valence-corrected chi connectivity index (χ4v) is 0.330. The summed E-state index contributed by atoms with van der Waals surface area (Å²) < 4.78 is 24.1. The van der Waals surface area contributed by atoms with E-state index in [1.165, 1.54) is 26.0 Å². The molecular weight excluding hydrogens is 182 g/mol. The highest BCUT2D eigenvalue weighted by atomic mass is 19.1. The molecule has 0 amide bonds. The smallest absolute Gasteiger partial charge is 0.118 e. The summed E-state index contributed by atoms with van der Waals surface area (Å²) in [7, 11) is 0. The molecule has 0 bridgehead atoms. The SMILES string of the molecule is C=C(F)/C(C)=C\C=C(/C)F.CC(C)C. The van der Waals surface area contributed by atoms with Gasteiger partial charge in [-0.3, -0.25) is 0 Å². The number of halogens is 2. The first kappa shape index (κ1) is 15.5. The largest absolute Gasteiger partial charge is 0.212 e. The molecule has 0 aliphatic heterocycles. The molecule has 0 aliphatic carbocycles. The van der Waals surface area contributed by atoms with Gasteiger partial charge in [-0.15, -0.1) is 0 Å². The first-order chi connectivity index (χ1) is 6.27. The molecule has 0 heterocycles. The van der Waals surface area contributed by atoms with Crippen molar-refractivity contribution in [3.05, 3.63) is 36.0 Å². The Morgan fingerprint density at radius 2 is 1.43 bits per heavy atom. The molecule has 0 aromatic rings. The number of allylic oxidation sites excluding steroid dienone is 5. The van der Waals surface area contributed by atoms with Crippen LogP contribution in [0.4, 0.5) is 8.78 Å². The van der Waals surface area contributed by atoms with Crippen molar-refractivity contribution >= 4 is 0 Å². The Bertz CT molecular complexity index is 216. The average molecular weight is 202 g/mol. The maximum absolute atomic E-state index is 12.1. The normalized spacial score (nSPS) is 12.3. The fraction of sp³-hybridized carbons (Fsp3) is 0.500. The van der Waals surface area contributed by atoms with Crippen molar-refractivity contribution in [1.29, 1.82) is 0 Å². The Morgan fingerprint density at radius 3 is 1.64 bits per heavy atom. The maximum Gasteiger partial charge on any atom is 0.118 e. The Balaban J connectivity index is 0. The van der Waals surface area contributed by atoms with E-state index in [-0.39, 0.29) is 5.83 Å². The van der Waals surface area contributed by atoms with Gasteiger partial charge in [-0.05, 0) is 31.4 Å². The summed E-state index contributed by atoms with van der Waals surface area (Å²) in [6, 6.07) is 0. The van der Waals surface area contributed by atoms with Gasteiger partial charge in [0.2, 0.25) is 0 Å². The van der Waals surface area contributed by atoms with Gasteiger partial charge in [0.1, 0.15) is 5.83 Å². The van der Waals surface area contributed by atoms with E-state index in [4.69, 9.17) is 0 Å². The molecule has 0 aromatic carbocycles. The van der Waals surface area contributed by atoms with Gasteiger partial charge in [0.15, 0.2) is 0 Å². The van der Waals surface area contributed by atoms with Crippen LogP contribution in [-0.2, 0) is 0 Å². The minimum atomic E-state index is -0.530. The first-order valence-corrected chi connectivity index (χ1v) is 4.62. The van der Waals surface area contributed by atoms with Crippen LogP contribution >= 0.6 is 0 Å². The lowest BCUT2D eigenvalue weighted by atomic mass is 10.2. The van der Waals surface area contributed by atoms with E-state index >= 15 is 0 Å². The van der Waals surface area contributed by atoms with Gasteiger partial charge in [0.05, 0.1) is 5.83 Å². The van der Waals surface area contributed by atoms with Crippen LogP contribution in [0, 0.1) is 5.92 Å². The summed E-state index contributed by atoms with van der Waals surface area (Å²) in [5.74, 6) is -0.0434. The van der Waals surface area contributed by atoms with Gasteiger partial charge < -0.3 is 0 Å². The molecule has 2 heteroatoms. The summed E-state index contributed by atoms with van der Waals surface area (Å²) in [5, 5.41) is 0. The highest BCUT2D eigenvalue weighted by Gasteiger charge is 1.90. The number of hydrogen-bond acceptors (Lipinski definition) is 0. The average Bonchev–Trinajstić information content (AvgIpc) is 1.98. The predicted molar refractivity (Wildman–Crippen MR) is 59.4 cm³/mol. The van der Waals surface area contributed by atoms with Crippen molar-refractivity contribution in [3.8, 4) is 0 Å². The van der Waals surface area contributed by atoms with Gasteiger partial charge in [-0.25, -0.2) is 8.78 Å². The van der Waals surface area contributed by atoms with Crippen molar-refractivity contribution in [3.63, 3.8) is 0 Å². The molecule has 0 atom stereocenters. The van der Waals surface area contributed by atoms with Gasteiger partial charge >= 0.3 is 0 Å². The second-order valence-electron chi connectivity index (χ2n) is 3.74. The van der Waals surface area contributed by atoms with E-state index in [1.807, 2.05) is 0 Å². The van der Waals surface area contributed by atoms with Gasteiger partial charge in [-0.1, -0.05) is 33.4 Å². The van der Waals surface area contributed by atoms with E-state index in [0.717, 1.165) is 5.92 Å². The van der Waals surface area contributed by atoms with E-state index in [0.29, 0.717) is 5.57 Å². The van der Waals surface area contributed by atoms with Crippen molar-refractivity contribution in [2.45, 2.75) is 34.6 Å². The molecule has 0 rings (SSSR count). The third kappa shape index (κ3) is 17.2. The molecule has 14 heavy (non-hydrogen) atoms. The second kappa shape index (κ2) is 8.67. The second-order valence-corrected chi connectivity index (χ2v) is 3.74. The molecule has 0 nitrogen and oxygen atoms in total. The van der Waals surface area contributed by atoms with Crippen LogP contribution in [0.5, 0.6) is 0 Å². The molecule has 0 radical (unpaired) electrons. The van der Waals surface area contributed by atoms with Crippen LogP contribution in [0.15, 0.2) is 36.0 Å². The van der Waals surface area contributed by atoms with Crippen LogP contribution in [0.25, 0.3) is 0 Å². The third-order valence-electron chi connectivity index (χ3n) is 0.991. The first-order valence-electron chi connectivity index (χ1n) is 4.62. The Labute approximate surface area is 86.0 Å². The van der Waals surface area contributed by atoms with Gasteiger partial charge in [0, 0.05) is 0 Å². The summed E-state index contributed by atoms with van der Waals surface area (Å²) in [4.78, 5) is 0. The molecule has 0 spiro atoms. The lowest BCUT2D eigenvalue weighted by Gasteiger charge is -1.89. The number of hydrogen-bond donors (Lipinski definition) is 0. The topological polar surface area (TPSA) is 0 Å². The van der Waals surface area contributed by atoms with Crippen molar-refractivity contribution in [2.24, 2.45) is 5.92 Å². The predicted octanol–water partition coefficient (Wildman–Crippen LogP) is 4.95. The van der Waals surface area contributed by atoms with Crippen molar-refractivity contribution in [2.75, 3.05) is 0 Å². The summed E-state index contributed by atoms with van der Waals surface area (Å²) in [6.45, 7) is 12.4. The summed E-state index contributed by atoms with van der Waals surface area (Å²) in [5.41, 5.74) is 0.344. The van der Waals surface area contributed by atoms with Gasteiger partial charge in [0.25, 0.3) is 0 Å². The van der Waals surface area contributed by atoms with E-state index in [1.54, 1.807) is 0 Å². The van der Waals surface area contributed by atoms with Crippen LogP contribution in [0.3, 0.4) is 0 Å². The minimum Gasteiger partial charge on any atom is -0.212 e. The molecule has 0 N–H and O–H groups in total. The summed E-state index contributed by atoms with van der Waals surface area (Å²) >= 11 is 0. The van der Waals surface area contributed by atoms with E-state index in [9.17, 15) is 8.78 Å². The Morgan fingerprint density at radius 1 is 1.07 bits per heavy atom. The fourth-order valence-electron chi connectivity index (χ4n) is 0.330. The molecule has 0 saturated heterocycles. The van der Waals surface area contributed by atoms with Gasteiger partial charge in [-0.2, -0.15) is 0 Å². The van der Waals surface area contributed by atoms with Crippen molar-refractivity contribution < 1.29 is 8.78 Å². The highest BCUT2D eigenvalue weighted by molar-refractivity contribution is 5.25. The molecule has 0 aromatic heterocycles. The lowest BCUT2D eigenvalue weighted by Crippen LogP contribution is -1.72.